The van der Waals surface area contributed by atoms with Crippen LogP contribution in [-0.2, 0) is 11.3 Å². The number of hydrogen-bond acceptors (Lipinski definition) is 2. The predicted molar refractivity (Wildman–Crippen MR) is 82.2 cm³/mol. The molecule has 5 heteroatoms. The monoisotopic (exact) mass is 310 g/mol. The van der Waals surface area contributed by atoms with Gasteiger partial charge < -0.3 is 10.2 Å². The van der Waals surface area contributed by atoms with Crippen LogP contribution in [0.3, 0.4) is 0 Å². The van der Waals surface area contributed by atoms with Gasteiger partial charge in [-0.2, -0.15) is 0 Å². The maximum absolute atomic E-state index is 13.2. The number of piperidine rings is 1. The zero-order valence-corrected chi connectivity index (χ0v) is 13.2. The standard InChI is InChI=1S/C17H24F2N2O/c1-12(14-4-3-7-20-10-14)8-17(22)21(2)11-13-5-6-15(18)16(19)9-13/h5-6,9,12,14,20H,3-4,7-8,10-11H2,1-2H3. The maximum atomic E-state index is 13.2. The molecule has 1 saturated heterocycles. The van der Waals surface area contributed by atoms with Gasteiger partial charge in [0.25, 0.3) is 0 Å². The summed E-state index contributed by atoms with van der Waals surface area (Å²) in [6, 6.07) is 3.75. The van der Waals surface area contributed by atoms with Crippen LogP contribution in [0.5, 0.6) is 0 Å². The largest absolute Gasteiger partial charge is 0.341 e. The van der Waals surface area contributed by atoms with Crippen LogP contribution < -0.4 is 5.32 Å². The molecule has 0 aliphatic carbocycles. The molecule has 0 saturated carbocycles. The molecule has 0 radical (unpaired) electrons. The molecule has 3 nitrogen and oxygen atoms in total. The molecule has 1 aliphatic rings. The lowest BCUT2D eigenvalue weighted by Gasteiger charge is -2.29. The molecule has 1 aromatic carbocycles. The van der Waals surface area contributed by atoms with Crippen molar-refractivity contribution in [1.29, 1.82) is 0 Å². The SMILES string of the molecule is CC(CC(=O)N(C)Cc1ccc(F)c(F)c1)C1CCCNC1. The van der Waals surface area contributed by atoms with Crippen LogP contribution in [0.1, 0.15) is 31.7 Å². The Morgan fingerprint density at radius 1 is 1.41 bits per heavy atom. The zero-order chi connectivity index (χ0) is 16.1. The second-order valence-electron chi connectivity index (χ2n) is 6.29. The van der Waals surface area contributed by atoms with Gasteiger partial charge in [-0.15, -0.1) is 0 Å². The van der Waals surface area contributed by atoms with E-state index in [1.165, 1.54) is 6.07 Å². The maximum Gasteiger partial charge on any atom is 0.222 e. The summed E-state index contributed by atoms with van der Waals surface area (Å²) in [6.07, 6.45) is 2.81. The summed E-state index contributed by atoms with van der Waals surface area (Å²) in [4.78, 5) is 13.9. The molecule has 1 amide bonds. The quantitative estimate of drug-likeness (QED) is 0.907. The number of rotatable bonds is 5. The van der Waals surface area contributed by atoms with E-state index in [9.17, 15) is 13.6 Å². The van der Waals surface area contributed by atoms with Crippen LogP contribution in [0.4, 0.5) is 8.78 Å². The van der Waals surface area contributed by atoms with Crippen molar-refractivity contribution in [3.05, 3.63) is 35.4 Å². The van der Waals surface area contributed by atoms with Gasteiger partial charge in [-0.3, -0.25) is 4.79 Å². The molecular formula is C17H24F2N2O. The molecule has 2 atom stereocenters. The molecular weight excluding hydrogens is 286 g/mol. The van der Waals surface area contributed by atoms with Gasteiger partial charge in [0.15, 0.2) is 11.6 Å². The van der Waals surface area contributed by atoms with Crippen molar-refractivity contribution in [3.8, 4) is 0 Å². The van der Waals surface area contributed by atoms with Gasteiger partial charge in [-0.1, -0.05) is 13.0 Å². The van der Waals surface area contributed by atoms with Crippen molar-refractivity contribution >= 4 is 5.91 Å². The smallest absolute Gasteiger partial charge is 0.222 e. The van der Waals surface area contributed by atoms with Crippen LogP contribution in [0.15, 0.2) is 18.2 Å². The van der Waals surface area contributed by atoms with Crippen molar-refractivity contribution in [2.24, 2.45) is 11.8 Å². The van der Waals surface area contributed by atoms with Gasteiger partial charge >= 0.3 is 0 Å². The van der Waals surface area contributed by atoms with Gasteiger partial charge in [0.2, 0.25) is 5.91 Å². The summed E-state index contributed by atoms with van der Waals surface area (Å²) in [5.74, 6) is -0.832. The molecule has 1 aliphatic heterocycles. The number of carbonyl (C=O) groups excluding carboxylic acids is 1. The Labute approximate surface area is 130 Å². The Balaban J connectivity index is 1.86. The fraction of sp³-hybridized carbons (Fsp3) is 0.588. The Hall–Kier alpha value is -1.49. The Kier molecular flexibility index (Phi) is 5.89. The highest BCUT2D eigenvalue weighted by Crippen LogP contribution is 2.23. The van der Waals surface area contributed by atoms with Crippen LogP contribution in [0.25, 0.3) is 0 Å². The van der Waals surface area contributed by atoms with Crippen LogP contribution in [0, 0.1) is 23.5 Å². The molecule has 0 aromatic heterocycles. The van der Waals surface area contributed by atoms with Gasteiger partial charge in [0.05, 0.1) is 0 Å². The van der Waals surface area contributed by atoms with E-state index in [4.69, 9.17) is 0 Å². The van der Waals surface area contributed by atoms with Gasteiger partial charge in [-0.05, 0) is 55.5 Å². The molecule has 0 spiro atoms. The van der Waals surface area contributed by atoms with Crippen molar-refractivity contribution in [3.63, 3.8) is 0 Å². The van der Waals surface area contributed by atoms with Gasteiger partial charge in [-0.25, -0.2) is 8.78 Å². The van der Waals surface area contributed by atoms with E-state index in [0.29, 0.717) is 30.4 Å². The molecule has 0 bridgehead atoms. The minimum atomic E-state index is -0.875. The van der Waals surface area contributed by atoms with Crippen LogP contribution in [-0.4, -0.2) is 30.9 Å². The molecule has 22 heavy (non-hydrogen) atoms. The average molecular weight is 310 g/mol. The number of hydrogen-bond donors (Lipinski definition) is 1. The lowest BCUT2D eigenvalue weighted by Crippen LogP contribution is -2.36. The molecule has 122 valence electrons. The van der Waals surface area contributed by atoms with E-state index in [1.54, 1.807) is 11.9 Å². The zero-order valence-electron chi connectivity index (χ0n) is 13.2. The molecule has 1 fully saturated rings. The van der Waals surface area contributed by atoms with Crippen molar-refractivity contribution < 1.29 is 13.6 Å². The Bertz CT molecular complexity index is 515. The summed E-state index contributed by atoms with van der Waals surface area (Å²) < 4.78 is 26.1. The molecule has 2 unspecified atom stereocenters. The number of amides is 1. The first-order valence-electron chi connectivity index (χ1n) is 7.86. The first-order valence-corrected chi connectivity index (χ1v) is 7.86. The summed E-state index contributed by atoms with van der Waals surface area (Å²) >= 11 is 0. The molecule has 1 aromatic rings. The Morgan fingerprint density at radius 2 is 2.18 bits per heavy atom. The van der Waals surface area contributed by atoms with E-state index in [-0.39, 0.29) is 5.91 Å². The third kappa shape index (κ3) is 4.50. The lowest BCUT2D eigenvalue weighted by atomic mass is 9.85. The molecule has 1 N–H and O–H groups in total. The van der Waals surface area contributed by atoms with E-state index in [1.807, 2.05) is 0 Å². The minimum Gasteiger partial charge on any atom is -0.341 e. The second-order valence-corrected chi connectivity index (χ2v) is 6.29. The number of benzene rings is 1. The van der Waals surface area contributed by atoms with E-state index in [2.05, 4.69) is 12.2 Å². The third-order valence-corrected chi connectivity index (χ3v) is 4.47. The highest BCUT2D eigenvalue weighted by atomic mass is 19.2. The number of carbonyl (C=O) groups is 1. The Morgan fingerprint density at radius 3 is 2.82 bits per heavy atom. The van der Waals surface area contributed by atoms with Gasteiger partial charge in [0, 0.05) is 20.0 Å². The topological polar surface area (TPSA) is 32.3 Å². The van der Waals surface area contributed by atoms with Crippen molar-refractivity contribution in [2.75, 3.05) is 20.1 Å². The van der Waals surface area contributed by atoms with Gasteiger partial charge in [0.1, 0.15) is 0 Å². The number of nitrogens with one attached hydrogen (secondary N) is 1. The fourth-order valence-corrected chi connectivity index (χ4v) is 2.96. The highest BCUT2D eigenvalue weighted by molar-refractivity contribution is 5.76. The second kappa shape index (κ2) is 7.68. The number of nitrogens with zero attached hydrogens (tertiary/aromatic N) is 1. The van der Waals surface area contributed by atoms with Crippen molar-refractivity contribution in [2.45, 2.75) is 32.7 Å². The summed E-state index contributed by atoms with van der Waals surface area (Å²) in [6.45, 7) is 4.45. The summed E-state index contributed by atoms with van der Waals surface area (Å²) in [5, 5.41) is 3.37. The highest BCUT2D eigenvalue weighted by Gasteiger charge is 2.23. The van der Waals surface area contributed by atoms with Crippen molar-refractivity contribution in [1.82, 2.24) is 10.2 Å². The summed E-state index contributed by atoms with van der Waals surface area (Å²) in [7, 11) is 1.70. The molecule has 2 rings (SSSR count). The predicted octanol–water partition coefficient (Wildman–Crippen LogP) is 2.95. The van der Waals surface area contributed by atoms with Crippen LogP contribution >= 0.6 is 0 Å². The summed E-state index contributed by atoms with van der Waals surface area (Å²) in [5.41, 5.74) is 0.599. The first-order chi connectivity index (χ1) is 10.5. The third-order valence-electron chi connectivity index (χ3n) is 4.47. The first kappa shape index (κ1) is 16.9. The average Bonchev–Trinajstić information content (AvgIpc) is 2.51. The van der Waals surface area contributed by atoms with E-state index in [0.717, 1.165) is 38.1 Å². The fourth-order valence-electron chi connectivity index (χ4n) is 2.96. The minimum absolute atomic E-state index is 0.0443. The van der Waals surface area contributed by atoms with Crippen LogP contribution in [0.2, 0.25) is 0 Å². The molecule has 1 heterocycles. The number of halogens is 2. The lowest BCUT2D eigenvalue weighted by molar-refractivity contribution is -0.131. The normalized spacial score (nSPS) is 19.7. The van der Waals surface area contributed by atoms with E-state index >= 15 is 0 Å². The van der Waals surface area contributed by atoms with E-state index < -0.39 is 11.6 Å².